The Bertz CT molecular complexity index is 411. The van der Waals surface area contributed by atoms with Gasteiger partial charge >= 0.3 is 0 Å². The summed E-state index contributed by atoms with van der Waals surface area (Å²) in [6, 6.07) is 0. The summed E-state index contributed by atoms with van der Waals surface area (Å²) in [6.07, 6.45) is -0.121. The Morgan fingerprint density at radius 3 is 2.52 bits per heavy atom. The highest BCUT2D eigenvalue weighted by Crippen LogP contribution is 2.24. The fourth-order valence-corrected chi connectivity index (χ4v) is 2.73. The molecule has 3 N–H and O–H groups in total. The van der Waals surface area contributed by atoms with Gasteiger partial charge in [-0.3, -0.25) is 5.26 Å². The molecule has 0 spiro atoms. The van der Waals surface area contributed by atoms with Crippen molar-refractivity contribution in [1.82, 2.24) is 0 Å². The van der Waals surface area contributed by atoms with E-state index in [1.807, 2.05) is 0 Å². The van der Waals surface area contributed by atoms with Gasteiger partial charge in [-0.1, -0.05) is 9.24 Å². The van der Waals surface area contributed by atoms with E-state index in [2.05, 4.69) is 25.9 Å². The summed E-state index contributed by atoms with van der Waals surface area (Å²) in [7, 11) is 2.22. The minimum absolute atomic E-state index is 0.0319. The Balaban J connectivity index is 1.60. The minimum atomic E-state index is -0.917. The van der Waals surface area contributed by atoms with Crippen LogP contribution < -0.4 is 0 Å². The van der Waals surface area contributed by atoms with Crippen LogP contribution in [0.15, 0.2) is 0 Å². The van der Waals surface area contributed by atoms with Crippen LogP contribution in [0, 0.1) is 17.7 Å². The molecule has 0 aromatic heterocycles. The molecule has 0 aromatic rings. The van der Waals surface area contributed by atoms with Crippen LogP contribution in [0.25, 0.3) is 0 Å². The van der Waals surface area contributed by atoms with Crippen LogP contribution in [0.1, 0.15) is 6.42 Å². The first-order valence-corrected chi connectivity index (χ1v) is 8.04. The van der Waals surface area contributed by atoms with E-state index >= 15 is 0 Å². The van der Waals surface area contributed by atoms with Gasteiger partial charge in [-0.15, -0.1) is 0 Å². The summed E-state index contributed by atoms with van der Waals surface area (Å²) in [6.45, 7) is 1.39. The molecule has 23 heavy (non-hydrogen) atoms. The predicted octanol–water partition coefficient (Wildman–Crippen LogP) is -0.803. The first-order valence-electron chi connectivity index (χ1n) is 7.47. The molecule has 132 valence electrons. The van der Waals surface area contributed by atoms with Crippen molar-refractivity contribution < 1.29 is 39.3 Å². The molecule has 2 rings (SSSR count). The summed E-state index contributed by atoms with van der Waals surface area (Å²) in [5.74, 6) is -0.0319. The maximum Gasteiger partial charge on any atom is 0.144 e. The molecule has 2 heterocycles. The van der Waals surface area contributed by atoms with E-state index in [1.54, 1.807) is 0 Å². The van der Waals surface area contributed by atoms with E-state index in [1.165, 1.54) is 0 Å². The zero-order valence-corrected chi connectivity index (χ0v) is 13.8. The predicted molar refractivity (Wildman–Crippen MR) is 81.4 cm³/mol. The van der Waals surface area contributed by atoms with Gasteiger partial charge in [0.2, 0.25) is 0 Å². The summed E-state index contributed by atoms with van der Waals surface area (Å²) in [5.41, 5.74) is 2.53. The largest absolute Gasteiger partial charge is 0.444 e. The third-order valence-electron chi connectivity index (χ3n) is 4.05. The molecular weight excluding hydrogens is 327 g/mol. The third-order valence-corrected chi connectivity index (χ3v) is 4.17. The Morgan fingerprint density at radius 1 is 1.09 bits per heavy atom. The van der Waals surface area contributed by atoms with Crippen molar-refractivity contribution in [3.63, 3.8) is 0 Å². The van der Waals surface area contributed by atoms with Crippen LogP contribution in [0.2, 0.25) is 0 Å². The molecule has 7 unspecified atom stereocenters. The van der Waals surface area contributed by atoms with Crippen molar-refractivity contribution in [3.05, 3.63) is 0 Å². The van der Waals surface area contributed by atoms with Gasteiger partial charge in [-0.25, -0.2) is 4.89 Å². The van der Waals surface area contributed by atoms with Crippen LogP contribution >= 0.6 is 9.24 Å². The van der Waals surface area contributed by atoms with E-state index in [0.717, 1.165) is 0 Å². The Kier molecular flexibility index (Phi) is 7.96. The number of hydrogen-bond donors (Lipinski definition) is 3. The summed E-state index contributed by atoms with van der Waals surface area (Å²) >= 11 is 0. The van der Waals surface area contributed by atoms with Crippen molar-refractivity contribution in [1.29, 1.82) is 0 Å². The Labute approximate surface area is 137 Å². The maximum atomic E-state index is 10.1. The van der Waals surface area contributed by atoms with Gasteiger partial charge in [0.1, 0.15) is 37.1 Å². The molecule has 0 aromatic carbocycles. The molecule has 7 atom stereocenters. The second-order valence-electron chi connectivity index (χ2n) is 5.55. The maximum absolute atomic E-state index is 10.1. The average molecular weight is 350 g/mol. The van der Waals surface area contributed by atoms with Crippen molar-refractivity contribution in [2.45, 2.75) is 36.9 Å². The normalized spacial score (nSPS) is 36.7. The second-order valence-corrected chi connectivity index (χ2v) is 5.84. The number of rotatable bonds is 8. The quantitative estimate of drug-likeness (QED) is 0.172. The fraction of sp³-hybridized carbons (Fsp3) is 0.857. The lowest BCUT2D eigenvalue weighted by Crippen LogP contribution is -2.34. The van der Waals surface area contributed by atoms with Gasteiger partial charge in [0.25, 0.3) is 0 Å². The number of aliphatic hydroxyl groups excluding tert-OH is 2. The fourth-order valence-electron chi connectivity index (χ4n) is 2.64. The standard InChI is InChI=1S/C14H23O8P/c15-13-9(5-20-10(13)6-19-3-4-23)1-2-18-7-11-14(16)12(22-17)8-21-11/h9-17H,1-2,5-8,23H2. The van der Waals surface area contributed by atoms with Crippen molar-refractivity contribution in [2.24, 2.45) is 5.92 Å². The molecule has 0 saturated carbocycles. The van der Waals surface area contributed by atoms with E-state index in [9.17, 15) is 10.2 Å². The van der Waals surface area contributed by atoms with Crippen LogP contribution in [-0.4, -0.2) is 79.0 Å². The molecule has 8 nitrogen and oxygen atoms in total. The lowest BCUT2D eigenvalue weighted by atomic mass is 9.99. The van der Waals surface area contributed by atoms with E-state index in [-0.39, 0.29) is 31.8 Å². The highest BCUT2D eigenvalue weighted by atomic mass is 31.0. The molecular formula is C14H23O8P. The molecule has 9 heteroatoms. The average Bonchev–Trinajstić information content (AvgIpc) is 3.08. The van der Waals surface area contributed by atoms with Crippen LogP contribution in [0.5, 0.6) is 0 Å². The molecule has 2 aliphatic heterocycles. The minimum Gasteiger partial charge on any atom is -0.444 e. The molecule has 0 amide bonds. The van der Waals surface area contributed by atoms with E-state index in [4.69, 9.17) is 24.2 Å². The monoisotopic (exact) mass is 350 g/mol. The van der Waals surface area contributed by atoms with Crippen LogP contribution in [0.4, 0.5) is 0 Å². The number of ether oxygens (including phenoxy) is 4. The number of aliphatic hydroxyl groups is 2. The smallest absolute Gasteiger partial charge is 0.144 e. The van der Waals surface area contributed by atoms with Crippen molar-refractivity contribution in [2.75, 3.05) is 33.0 Å². The molecule has 0 radical (unpaired) electrons. The van der Waals surface area contributed by atoms with Crippen molar-refractivity contribution in [3.8, 4) is 11.8 Å². The van der Waals surface area contributed by atoms with E-state index < -0.39 is 24.4 Å². The zero-order valence-electron chi connectivity index (χ0n) is 12.7. The summed E-state index contributed by atoms with van der Waals surface area (Å²) in [4.78, 5) is 4.10. The first-order chi connectivity index (χ1) is 11.2. The van der Waals surface area contributed by atoms with Gasteiger partial charge in [0.15, 0.2) is 0 Å². The van der Waals surface area contributed by atoms with Gasteiger partial charge in [-0.2, -0.15) is 0 Å². The van der Waals surface area contributed by atoms with E-state index in [0.29, 0.717) is 19.6 Å². The van der Waals surface area contributed by atoms with Crippen LogP contribution in [0.3, 0.4) is 0 Å². The van der Waals surface area contributed by atoms with Gasteiger partial charge in [0, 0.05) is 12.5 Å². The molecule has 0 bridgehead atoms. The van der Waals surface area contributed by atoms with Gasteiger partial charge < -0.3 is 29.2 Å². The van der Waals surface area contributed by atoms with Crippen LogP contribution in [-0.2, 0) is 23.8 Å². The van der Waals surface area contributed by atoms with Gasteiger partial charge in [-0.05, 0) is 12.1 Å². The number of hydrogen-bond acceptors (Lipinski definition) is 8. The molecule has 2 aliphatic rings. The lowest BCUT2D eigenvalue weighted by molar-refractivity contribution is -0.289. The molecule has 0 aliphatic carbocycles. The Morgan fingerprint density at radius 2 is 1.83 bits per heavy atom. The highest BCUT2D eigenvalue weighted by Gasteiger charge is 2.38. The highest BCUT2D eigenvalue weighted by molar-refractivity contribution is 7.23. The first kappa shape index (κ1) is 18.8. The van der Waals surface area contributed by atoms with Crippen molar-refractivity contribution >= 4 is 9.24 Å². The SMILES string of the molecule is OOC1COC(COCCC2COC(COC#CP)C2O)C1O. The molecule has 2 saturated heterocycles. The lowest BCUT2D eigenvalue weighted by Gasteiger charge is -2.18. The van der Waals surface area contributed by atoms with Gasteiger partial charge in [0.05, 0.1) is 25.9 Å². The summed E-state index contributed by atoms with van der Waals surface area (Å²) < 4.78 is 21.3. The second kappa shape index (κ2) is 9.72. The molecule has 2 fully saturated rings. The topological polar surface area (TPSA) is 107 Å². The third kappa shape index (κ3) is 5.24. The summed E-state index contributed by atoms with van der Waals surface area (Å²) in [5, 5.41) is 28.5. The Hall–Kier alpha value is -0.490. The zero-order chi connectivity index (χ0) is 16.7.